The molecular weight excluding hydrogens is 341 g/mol. The van der Waals surface area contributed by atoms with Crippen molar-refractivity contribution < 1.29 is 9.47 Å². The first-order valence-electron chi connectivity index (χ1n) is 6.29. The Labute approximate surface area is 123 Å². The third-order valence-electron chi connectivity index (χ3n) is 3.47. The molecule has 2 unspecified atom stereocenters. The largest absolute Gasteiger partial charge is 0.496 e. The van der Waals surface area contributed by atoms with Gasteiger partial charge in [0, 0.05) is 18.7 Å². The van der Waals surface area contributed by atoms with Crippen molar-refractivity contribution in [3.05, 3.63) is 29.8 Å². The lowest BCUT2D eigenvalue weighted by atomic mass is 10.1. The van der Waals surface area contributed by atoms with Crippen LogP contribution >= 0.6 is 22.6 Å². The average Bonchev–Trinajstić information content (AvgIpc) is 2.86. The summed E-state index contributed by atoms with van der Waals surface area (Å²) in [6.07, 6.45) is 2.48. The van der Waals surface area contributed by atoms with Crippen LogP contribution in [0.1, 0.15) is 22.5 Å². The summed E-state index contributed by atoms with van der Waals surface area (Å²) in [5.41, 5.74) is 1.25. The van der Waals surface area contributed by atoms with Gasteiger partial charge in [0.15, 0.2) is 0 Å². The van der Waals surface area contributed by atoms with Crippen molar-refractivity contribution in [2.45, 2.75) is 22.9 Å². The van der Waals surface area contributed by atoms with Crippen LogP contribution in [0.25, 0.3) is 0 Å². The quantitative estimate of drug-likeness (QED) is 0.457. The normalized spacial score (nSPS) is 22.1. The van der Waals surface area contributed by atoms with E-state index in [9.17, 15) is 0 Å². The zero-order valence-corrected chi connectivity index (χ0v) is 13.1. The fourth-order valence-corrected chi connectivity index (χ4v) is 3.82. The molecule has 0 aliphatic carbocycles. The molecule has 0 saturated carbocycles. The van der Waals surface area contributed by atoms with Crippen LogP contribution in [-0.4, -0.2) is 38.3 Å². The summed E-state index contributed by atoms with van der Waals surface area (Å²) in [5.74, 6) is 0.972. The van der Waals surface area contributed by atoms with Gasteiger partial charge in [0.2, 0.25) is 0 Å². The lowest BCUT2D eigenvalue weighted by Gasteiger charge is -2.30. The number of hydrogen-bond acceptors (Lipinski definition) is 3. The number of para-hydroxylation sites is 1. The van der Waals surface area contributed by atoms with Gasteiger partial charge in [-0.25, -0.2) is 0 Å². The van der Waals surface area contributed by atoms with E-state index in [1.807, 2.05) is 12.1 Å². The third-order valence-corrected chi connectivity index (χ3v) is 4.85. The van der Waals surface area contributed by atoms with Gasteiger partial charge < -0.3 is 9.47 Å². The molecule has 0 aromatic heterocycles. The molecule has 1 aromatic carbocycles. The molecule has 0 N–H and O–H groups in total. The van der Waals surface area contributed by atoms with Crippen LogP contribution in [0.5, 0.6) is 5.75 Å². The van der Waals surface area contributed by atoms with Gasteiger partial charge in [-0.05, 0) is 25.5 Å². The summed E-state index contributed by atoms with van der Waals surface area (Å²) in [5, 5.41) is 0. The van der Waals surface area contributed by atoms with Gasteiger partial charge in [-0.2, -0.15) is 0 Å². The molecule has 1 aliphatic rings. The van der Waals surface area contributed by atoms with Crippen molar-refractivity contribution in [1.82, 2.24) is 4.90 Å². The second kappa shape index (κ2) is 6.73. The Kier molecular flexibility index (Phi) is 5.26. The van der Waals surface area contributed by atoms with Gasteiger partial charge in [-0.3, -0.25) is 4.90 Å². The number of ether oxygens (including phenoxy) is 2. The Morgan fingerprint density at radius 1 is 1.39 bits per heavy atom. The lowest BCUT2D eigenvalue weighted by Crippen LogP contribution is -2.34. The van der Waals surface area contributed by atoms with E-state index < -0.39 is 0 Å². The number of hydrogen-bond donors (Lipinski definition) is 0. The van der Waals surface area contributed by atoms with Gasteiger partial charge >= 0.3 is 0 Å². The SMILES string of the molecule is COCC1CCCN1C(I)c1ccccc1OC. The Morgan fingerprint density at radius 2 is 2.17 bits per heavy atom. The molecule has 1 heterocycles. The van der Waals surface area contributed by atoms with E-state index in [4.69, 9.17) is 9.47 Å². The van der Waals surface area contributed by atoms with E-state index in [1.165, 1.54) is 18.4 Å². The van der Waals surface area contributed by atoms with Crippen molar-refractivity contribution in [1.29, 1.82) is 0 Å². The lowest BCUT2D eigenvalue weighted by molar-refractivity contribution is 0.112. The highest BCUT2D eigenvalue weighted by Gasteiger charge is 2.31. The zero-order valence-electron chi connectivity index (χ0n) is 10.9. The molecule has 3 nitrogen and oxygen atoms in total. The Bertz CT molecular complexity index is 386. The van der Waals surface area contributed by atoms with Crippen LogP contribution in [0, 0.1) is 0 Å². The predicted octanol–water partition coefficient (Wildman–Crippen LogP) is 3.24. The van der Waals surface area contributed by atoms with E-state index in [-0.39, 0.29) is 0 Å². The first-order chi connectivity index (χ1) is 8.77. The van der Waals surface area contributed by atoms with Gasteiger partial charge in [-0.15, -0.1) is 0 Å². The molecule has 2 rings (SSSR count). The first kappa shape index (κ1) is 14.1. The number of halogens is 1. The molecule has 0 bridgehead atoms. The molecule has 1 aromatic rings. The third kappa shape index (κ3) is 2.97. The van der Waals surface area contributed by atoms with Crippen molar-refractivity contribution in [2.75, 3.05) is 27.4 Å². The summed E-state index contributed by atoms with van der Waals surface area (Å²) in [4.78, 5) is 2.52. The van der Waals surface area contributed by atoms with E-state index in [0.29, 0.717) is 10.1 Å². The van der Waals surface area contributed by atoms with Gasteiger partial charge in [-0.1, -0.05) is 40.8 Å². The van der Waals surface area contributed by atoms with Gasteiger partial charge in [0.05, 0.1) is 17.8 Å². The highest BCUT2D eigenvalue weighted by Crippen LogP contribution is 2.38. The number of likely N-dealkylation sites (tertiary alicyclic amines) is 1. The maximum atomic E-state index is 5.46. The summed E-state index contributed by atoms with van der Waals surface area (Å²) < 4.78 is 11.1. The first-order valence-corrected chi connectivity index (χ1v) is 7.54. The molecule has 1 fully saturated rings. The topological polar surface area (TPSA) is 21.7 Å². The maximum absolute atomic E-state index is 5.46. The van der Waals surface area contributed by atoms with Crippen LogP contribution in [0.3, 0.4) is 0 Å². The number of methoxy groups -OCH3 is 2. The number of benzene rings is 1. The minimum absolute atomic E-state index is 0.349. The summed E-state index contributed by atoms with van der Waals surface area (Å²) in [6.45, 7) is 1.95. The standard InChI is InChI=1S/C14H20INO2/c1-17-10-11-6-5-9-16(11)14(15)12-7-3-4-8-13(12)18-2/h3-4,7-8,11,14H,5-6,9-10H2,1-2H3. The van der Waals surface area contributed by atoms with Crippen molar-refractivity contribution in [3.63, 3.8) is 0 Å². The van der Waals surface area contributed by atoms with E-state index in [2.05, 4.69) is 39.6 Å². The molecule has 18 heavy (non-hydrogen) atoms. The van der Waals surface area contributed by atoms with Crippen molar-refractivity contribution in [2.24, 2.45) is 0 Å². The fraction of sp³-hybridized carbons (Fsp3) is 0.571. The minimum atomic E-state index is 0.349. The number of nitrogens with zero attached hydrogens (tertiary/aromatic N) is 1. The summed E-state index contributed by atoms with van der Waals surface area (Å²) in [7, 11) is 3.51. The second-order valence-corrected chi connectivity index (χ2v) is 5.75. The van der Waals surface area contributed by atoms with Gasteiger partial charge in [0.25, 0.3) is 0 Å². The monoisotopic (exact) mass is 361 g/mol. The smallest absolute Gasteiger partial charge is 0.124 e. The van der Waals surface area contributed by atoms with Crippen LogP contribution in [-0.2, 0) is 4.74 Å². The van der Waals surface area contributed by atoms with Crippen molar-refractivity contribution in [3.8, 4) is 5.75 Å². The molecule has 0 spiro atoms. The molecule has 1 aliphatic heterocycles. The van der Waals surface area contributed by atoms with E-state index >= 15 is 0 Å². The molecule has 2 atom stereocenters. The maximum Gasteiger partial charge on any atom is 0.124 e. The second-order valence-electron chi connectivity index (χ2n) is 4.57. The number of rotatable bonds is 5. The van der Waals surface area contributed by atoms with Crippen LogP contribution in [0.4, 0.5) is 0 Å². The van der Waals surface area contributed by atoms with Crippen LogP contribution in [0.2, 0.25) is 0 Å². The van der Waals surface area contributed by atoms with E-state index in [0.717, 1.165) is 18.9 Å². The van der Waals surface area contributed by atoms with Crippen molar-refractivity contribution >= 4 is 22.6 Å². The Balaban J connectivity index is 2.17. The molecule has 1 saturated heterocycles. The highest BCUT2D eigenvalue weighted by atomic mass is 127. The molecule has 0 amide bonds. The fourth-order valence-electron chi connectivity index (χ4n) is 2.57. The number of alkyl halides is 1. The minimum Gasteiger partial charge on any atom is -0.496 e. The Hall–Kier alpha value is -0.330. The summed E-state index contributed by atoms with van der Waals surface area (Å²) >= 11 is 2.50. The highest BCUT2D eigenvalue weighted by molar-refractivity contribution is 14.1. The zero-order chi connectivity index (χ0) is 13.0. The Morgan fingerprint density at radius 3 is 2.89 bits per heavy atom. The molecule has 0 radical (unpaired) electrons. The average molecular weight is 361 g/mol. The van der Waals surface area contributed by atoms with Crippen LogP contribution in [0.15, 0.2) is 24.3 Å². The van der Waals surface area contributed by atoms with E-state index in [1.54, 1.807) is 14.2 Å². The molecular formula is C14H20INO2. The van der Waals surface area contributed by atoms with Gasteiger partial charge in [0.1, 0.15) is 5.75 Å². The summed E-state index contributed by atoms with van der Waals surface area (Å²) in [6, 6.07) is 8.80. The molecule has 4 heteroatoms. The van der Waals surface area contributed by atoms with Crippen LogP contribution < -0.4 is 4.74 Å². The molecule has 100 valence electrons. The predicted molar refractivity (Wildman–Crippen MR) is 81.4 cm³/mol.